The number of H-pyrrole nitrogens is 1. The average molecular weight is 486 g/mol. The fraction of sp³-hybridized carbons (Fsp3) is 0.500. The lowest BCUT2D eigenvalue weighted by Gasteiger charge is -2.30. The van der Waals surface area contributed by atoms with Gasteiger partial charge in [0.15, 0.2) is 0 Å². The fourth-order valence-corrected chi connectivity index (χ4v) is 5.07. The van der Waals surface area contributed by atoms with E-state index in [1.807, 2.05) is 24.3 Å². The minimum absolute atomic E-state index is 0.161. The van der Waals surface area contributed by atoms with Gasteiger partial charge in [-0.25, -0.2) is 4.79 Å². The lowest BCUT2D eigenvalue weighted by atomic mass is 10.0. The first-order valence-electron chi connectivity index (χ1n) is 11.9. The van der Waals surface area contributed by atoms with Gasteiger partial charge in [0.25, 0.3) is 0 Å². The Morgan fingerprint density at radius 3 is 2.40 bits per heavy atom. The number of carboxylic acids is 1. The van der Waals surface area contributed by atoms with Crippen LogP contribution in [0.1, 0.15) is 31.2 Å². The van der Waals surface area contributed by atoms with E-state index in [0.717, 1.165) is 16.5 Å². The van der Waals surface area contributed by atoms with E-state index in [1.165, 1.54) is 9.80 Å². The number of hydrogen-bond donors (Lipinski definition) is 5. The number of amides is 3. The summed E-state index contributed by atoms with van der Waals surface area (Å²) in [6.45, 7) is 0.102. The van der Waals surface area contributed by atoms with E-state index >= 15 is 0 Å². The van der Waals surface area contributed by atoms with Gasteiger partial charge < -0.3 is 36.0 Å². The van der Waals surface area contributed by atoms with E-state index in [4.69, 9.17) is 5.73 Å². The molecule has 2 saturated heterocycles. The van der Waals surface area contributed by atoms with Crippen LogP contribution in [-0.2, 0) is 25.6 Å². The van der Waals surface area contributed by atoms with Crippen LogP contribution in [0.3, 0.4) is 0 Å². The lowest BCUT2D eigenvalue weighted by molar-refractivity contribution is -0.149. The molecule has 35 heavy (non-hydrogen) atoms. The van der Waals surface area contributed by atoms with E-state index in [1.54, 1.807) is 6.20 Å². The predicted molar refractivity (Wildman–Crippen MR) is 126 cm³/mol. The Bertz CT molecular complexity index is 1120. The van der Waals surface area contributed by atoms with Crippen LogP contribution in [0.2, 0.25) is 0 Å². The number of aliphatic carboxylic acids is 1. The molecule has 0 aliphatic carbocycles. The molecule has 1 aromatic carbocycles. The first kappa shape index (κ1) is 24.7. The van der Waals surface area contributed by atoms with Crippen molar-refractivity contribution in [1.82, 2.24) is 20.1 Å². The first-order valence-corrected chi connectivity index (χ1v) is 11.9. The maximum Gasteiger partial charge on any atom is 0.326 e. The Kier molecular flexibility index (Phi) is 7.37. The van der Waals surface area contributed by atoms with Crippen LogP contribution in [-0.4, -0.2) is 92.6 Å². The Morgan fingerprint density at radius 1 is 1.06 bits per heavy atom. The number of nitrogens with two attached hydrogens (primary N) is 1. The molecule has 0 saturated carbocycles. The van der Waals surface area contributed by atoms with Crippen molar-refractivity contribution in [3.63, 3.8) is 0 Å². The normalized spacial score (nSPS) is 21.8. The van der Waals surface area contributed by atoms with E-state index in [0.29, 0.717) is 38.8 Å². The summed E-state index contributed by atoms with van der Waals surface area (Å²) in [5, 5.41) is 22.5. The van der Waals surface area contributed by atoms with Gasteiger partial charge in [-0.2, -0.15) is 0 Å². The van der Waals surface area contributed by atoms with Gasteiger partial charge in [-0.3, -0.25) is 14.4 Å². The maximum atomic E-state index is 13.5. The van der Waals surface area contributed by atoms with E-state index in [2.05, 4.69) is 10.3 Å². The van der Waals surface area contributed by atoms with Crippen molar-refractivity contribution in [2.75, 3.05) is 19.7 Å². The average Bonchev–Trinajstić information content (AvgIpc) is 3.62. The number of nitrogens with zero attached hydrogens (tertiary/aromatic N) is 2. The summed E-state index contributed by atoms with van der Waals surface area (Å²) in [5.74, 6) is -2.55. The highest BCUT2D eigenvalue weighted by molar-refractivity contribution is 5.95. The molecule has 3 amide bonds. The first-order chi connectivity index (χ1) is 16.8. The summed E-state index contributed by atoms with van der Waals surface area (Å²) in [5.41, 5.74) is 7.38. The van der Waals surface area contributed by atoms with Gasteiger partial charge in [0, 0.05) is 36.6 Å². The molecule has 4 rings (SSSR count). The number of hydrogen-bond acceptors (Lipinski definition) is 6. The number of benzene rings is 1. The Labute approximate surface area is 202 Å². The van der Waals surface area contributed by atoms with Crippen molar-refractivity contribution in [2.24, 2.45) is 5.73 Å². The zero-order valence-corrected chi connectivity index (χ0v) is 19.4. The van der Waals surface area contributed by atoms with Crippen molar-refractivity contribution in [2.45, 2.75) is 56.3 Å². The molecule has 11 nitrogen and oxygen atoms in total. The SMILES string of the molecule is NC(CO)C(=O)N1CCCC1C(=O)NC(Cc1c[nH]c2ccccc12)C(=O)N1CCCC1C(=O)O. The summed E-state index contributed by atoms with van der Waals surface area (Å²) in [6, 6.07) is 3.71. The van der Waals surface area contributed by atoms with Crippen LogP contribution >= 0.6 is 0 Å². The Morgan fingerprint density at radius 2 is 1.71 bits per heavy atom. The van der Waals surface area contributed by atoms with Crippen molar-refractivity contribution < 1.29 is 29.4 Å². The number of para-hydroxylation sites is 1. The van der Waals surface area contributed by atoms with Gasteiger partial charge in [0.1, 0.15) is 24.2 Å². The summed E-state index contributed by atoms with van der Waals surface area (Å²) < 4.78 is 0. The minimum atomic E-state index is -1.12. The van der Waals surface area contributed by atoms with Gasteiger partial charge in [-0.1, -0.05) is 18.2 Å². The number of likely N-dealkylation sites (tertiary alicyclic amines) is 2. The molecule has 6 N–H and O–H groups in total. The van der Waals surface area contributed by atoms with Crippen LogP contribution < -0.4 is 11.1 Å². The van der Waals surface area contributed by atoms with E-state index in [-0.39, 0.29) is 6.42 Å². The third-order valence-electron chi connectivity index (χ3n) is 6.89. The second kappa shape index (κ2) is 10.4. The standard InChI is InChI=1S/C24H31N5O6/c25-16(13-30)22(32)28-9-3-7-19(28)21(31)27-18(23(33)29-10-4-8-20(29)24(34)35)11-14-12-26-17-6-2-1-5-15(14)17/h1-2,5-6,12,16,18-20,26,30H,3-4,7-11,13,25H2,(H,27,31)(H,34,35). The molecule has 188 valence electrons. The summed E-state index contributed by atoms with van der Waals surface area (Å²) in [4.78, 5) is 56.9. The third-order valence-corrected chi connectivity index (χ3v) is 6.89. The number of aliphatic hydroxyl groups is 1. The quantitative estimate of drug-likeness (QED) is 0.338. The monoisotopic (exact) mass is 485 g/mol. The van der Waals surface area contributed by atoms with Crippen molar-refractivity contribution in [1.29, 1.82) is 0 Å². The van der Waals surface area contributed by atoms with Gasteiger partial charge in [0.2, 0.25) is 17.7 Å². The van der Waals surface area contributed by atoms with Gasteiger partial charge >= 0.3 is 5.97 Å². The summed E-state index contributed by atoms with van der Waals surface area (Å²) in [6.07, 6.45) is 3.87. The van der Waals surface area contributed by atoms with Gasteiger partial charge in [-0.05, 0) is 37.3 Å². The fourth-order valence-electron chi connectivity index (χ4n) is 5.07. The molecule has 0 radical (unpaired) electrons. The number of fused-ring (bicyclic) bond motifs is 1. The van der Waals surface area contributed by atoms with E-state index < -0.39 is 54.5 Å². The number of carbonyl (C=O) groups excluding carboxylic acids is 3. The van der Waals surface area contributed by atoms with Crippen LogP contribution in [0.15, 0.2) is 30.5 Å². The zero-order chi connectivity index (χ0) is 25.1. The summed E-state index contributed by atoms with van der Waals surface area (Å²) >= 11 is 0. The number of carbonyl (C=O) groups is 4. The highest BCUT2D eigenvalue weighted by Crippen LogP contribution is 2.24. The second-order valence-electron chi connectivity index (χ2n) is 9.13. The smallest absolute Gasteiger partial charge is 0.326 e. The second-order valence-corrected chi connectivity index (χ2v) is 9.13. The molecule has 4 unspecified atom stereocenters. The number of aliphatic hydroxyl groups excluding tert-OH is 1. The number of nitrogens with one attached hydrogen (secondary N) is 2. The molecule has 2 aromatic rings. The maximum absolute atomic E-state index is 13.5. The third kappa shape index (κ3) is 5.01. The highest BCUT2D eigenvalue weighted by atomic mass is 16.4. The molecule has 2 aliphatic rings. The van der Waals surface area contributed by atoms with Gasteiger partial charge in [-0.15, -0.1) is 0 Å². The molecule has 1 aromatic heterocycles. The number of rotatable bonds is 8. The molecule has 2 fully saturated rings. The molecule has 0 bridgehead atoms. The van der Waals surface area contributed by atoms with Crippen molar-refractivity contribution in [3.05, 3.63) is 36.0 Å². The topological polar surface area (TPSA) is 169 Å². The highest BCUT2D eigenvalue weighted by Gasteiger charge is 2.41. The van der Waals surface area contributed by atoms with Gasteiger partial charge in [0.05, 0.1) is 6.61 Å². The molecular weight excluding hydrogens is 454 g/mol. The van der Waals surface area contributed by atoms with Crippen LogP contribution in [0, 0.1) is 0 Å². The largest absolute Gasteiger partial charge is 0.480 e. The van der Waals surface area contributed by atoms with Crippen LogP contribution in [0.25, 0.3) is 10.9 Å². The minimum Gasteiger partial charge on any atom is -0.480 e. The molecular formula is C24H31N5O6. The Balaban J connectivity index is 1.58. The molecule has 11 heteroatoms. The van der Waals surface area contributed by atoms with E-state index in [9.17, 15) is 29.4 Å². The molecule has 3 heterocycles. The Hall–Kier alpha value is -3.44. The van der Waals surface area contributed by atoms with Crippen molar-refractivity contribution >= 4 is 34.6 Å². The lowest BCUT2D eigenvalue weighted by Crippen LogP contribution is -2.57. The van der Waals surface area contributed by atoms with Crippen LogP contribution in [0.4, 0.5) is 0 Å². The number of aromatic amines is 1. The molecule has 4 atom stereocenters. The summed E-state index contributed by atoms with van der Waals surface area (Å²) in [7, 11) is 0. The van der Waals surface area contributed by atoms with Crippen LogP contribution in [0.5, 0.6) is 0 Å². The number of aromatic nitrogens is 1. The number of carboxylic acid groups (broad SMARTS) is 1. The zero-order valence-electron chi connectivity index (χ0n) is 19.4. The molecule has 0 spiro atoms. The predicted octanol–water partition coefficient (Wildman–Crippen LogP) is -0.419. The van der Waals surface area contributed by atoms with Crippen molar-refractivity contribution in [3.8, 4) is 0 Å². The molecule has 2 aliphatic heterocycles.